The molecule has 0 saturated heterocycles. The third kappa shape index (κ3) is 5.94. The summed E-state index contributed by atoms with van der Waals surface area (Å²) < 4.78 is 57.4. The molecule has 0 fully saturated rings. The minimum Gasteiger partial charge on any atom is -0.478 e. The SMILES string of the molecule is COCCn1c(Cc2cc(F)c(-c3cccc(OCc4ccc(C#N)cc4F)n3)cc2F)nc2ccc(C(=O)O)cc21. The van der Waals surface area contributed by atoms with E-state index in [9.17, 15) is 14.3 Å². The molecule has 5 rings (SSSR count). The fraction of sp³-hybridized carbons (Fsp3) is 0.161. The molecule has 0 amide bonds. The molecule has 0 aliphatic carbocycles. The molecule has 0 aliphatic heterocycles. The van der Waals surface area contributed by atoms with E-state index in [1.54, 1.807) is 16.7 Å². The highest BCUT2D eigenvalue weighted by Gasteiger charge is 2.18. The van der Waals surface area contributed by atoms with Crippen LogP contribution in [0.25, 0.3) is 22.3 Å². The van der Waals surface area contributed by atoms with E-state index in [2.05, 4.69) is 9.97 Å². The molecule has 5 aromatic rings. The van der Waals surface area contributed by atoms with Crippen molar-refractivity contribution in [3.8, 4) is 23.2 Å². The molecule has 0 bridgehead atoms. The van der Waals surface area contributed by atoms with Crippen molar-refractivity contribution in [3.05, 3.63) is 112 Å². The number of hydrogen-bond donors (Lipinski definition) is 1. The molecule has 3 aromatic carbocycles. The van der Waals surface area contributed by atoms with E-state index in [1.807, 2.05) is 6.07 Å². The molecule has 0 saturated carbocycles. The zero-order valence-corrected chi connectivity index (χ0v) is 22.3. The highest BCUT2D eigenvalue weighted by atomic mass is 19.1. The smallest absolute Gasteiger partial charge is 0.335 e. The van der Waals surface area contributed by atoms with Crippen molar-refractivity contribution in [2.24, 2.45) is 0 Å². The summed E-state index contributed by atoms with van der Waals surface area (Å²) in [5.74, 6) is -2.61. The van der Waals surface area contributed by atoms with Crippen molar-refractivity contribution >= 4 is 17.0 Å². The molecule has 2 heterocycles. The predicted octanol–water partition coefficient (Wildman–Crippen LogP) is 5.90. The molecule has 11 heteroatoms. The second-order valence-electron chi connectivity index (χ2n) is 9.35. The number of carboxylic acid groups (broad SMARTS) is 1. The molecule has 0 atom stereocenters. The largest absolute Gasteiger partial charge is 0.478 e. The Bertz CT molecular complexity index is 1850. The first-order valence-electron chi connectivity index (χ1n) is 12.8. The summed E-state index contributed by atoms with van der Waals surface area (Å²) in [5.41, 5.74) is 1.60. The van der Waals surface area contributed by atoms with Crippen LogP contribution in [-0.4, -0.2) is 39.3 Å². The summed E-state index contributed by atoms with van der Waals surface area (Å²) >= 11 is 0. The van der Waals surface area contributed by atoms with E-state index >= 15 is 8.78 Å². The second kappa shape index (κ2) is 12.1. The third-order valence-electron chi connectivity index (χ3n) is 6.64. The Kier molecular flexibility index (Phi) is 8.17. The lowest BCUT2D eigenvalue weighted by Gasteiger charge is -2.12. The number of pyridine rings is 1. The van der Waals surface area contributed by atoms with Crippen LogP contribution in [0.15, 0.2) is 66.7 Å². The maximum atomic E-state index is 15.4. The average Bonchev–Trinajstić information content (AvgIpc) is 3.33. The zero-order valence-electron chi connectivity index (χ0n) is 22.3. The summed E-state index contributed by atoms with van der Waals surface area (Å²) in [6.45, 7) is 0.450. The van der Waals surface area contributed by atoms with E-state index in [4.69, 9.17) is 14.7 Å². The van der Waals surface area contributed by atoms with Gasteiger partial charge in [0.25, 0.3) is 0 Å². The highest BCUT2D eigenvalue weighted by Crippen LogP contribution is 2.28. The van der Waals surface area contributed by atoms with Gasteiger partial charge in [-0.25, -0.2) is 27.9 Å². The van der Waals surface area contributed by atoms with Gasteiger partial charge in [0.15, 0.2) is 0 Å². The summed E-state index contributed by atoms with van der Waals surface area (Å²) in [6.07, 6.45) is -0.0590. The quantitative estimate of drug-likeness (QED) is 0.222. The van der Waals surface area contributed by atoms with E-state index in [-0.39, 0.29) is 52.4 Å². The monoisotopic (exact) mass is 572 g/mol. The van der Waals surface area contributed by atoms with Crippen LogP contribution >= 0.6 is 0 Å². The highest BCUT2D eigenvalue weighted by molar-refractivity contribution is 5.92. The van der Waals surface area contributed by atoms with Crippen LogP contribution in [0.3, 0.4) is 0 Å². The van der Waals surface area contributed by atoms with E-state index in [0.29, 0.717) is 30.0 Å². The standard InChI is InChI=1S/C31H23F3N4O4/c1-41-10-9-38-28-13-19(31(39)40)7-8-27(28)36-29(38)14-21-12-25(34)22(15-24(21)33)26-3-2-4-30(37-26)42-17-20-6-5-18(16-35)11-23(20)32/h2-8,11-13,15H,9-10,14,17H2,1H3,(H,39,40). The van der Waals surface area contributed by atoms with Crippen LogP contribution < -0.4 is 4.74 Å². The fourth-order valence-corrected chi connectivity index (χ4v) is 4.49. The van der Waals surface area contributed by atoms with Crippen molar-refractivity contribution < 1.29 is 32.5 Å². The number of benzene rings is 3. The van der Waals surface area contributed by atoms with Gasteiger partial charge >= 0.3 is 5.97 Å². The lowest BCUT2D eigenvalue weighted by molar-refractivity contribution is 0.0697. The van der Waals surface area contributed by atoms with Gasteiger partial charge in [0.05, 0.1) is 40.5 Å². The number of nitrogens with zero attached hydrogens (tertiary/aromatic N) is 4. The van der Waals surface area contributed by atoms with Gasteiger partial charge in [-0.1, -0.05) is 12.1 Å². The van der Waals surface area contributed by atoms with Gasteiger partial charge in [-0.2, -0.15) is 5.26 Å². The van der Waals surface area contributed by atoms with Crippen LogP contribution in [0.1, 0.15) is 32.9 Å². The number of fused-ring (bicyclic) bond motifs is 1. The van der Waals surface area contributed by atoms with Crippen LogP contribution in [0.4, 0.5) is 13.2 Å². The first-order valence-corrected chi connectivity index (χ1v) is 12.8. The van der Waals surface area contributed by atoms with Crippen molar-refractivity contribution in [1.82, 2.24) is 14.5 Å². The average molecular weight is 573 g/mol. The van der Waals surface area contributed by atoms with Gasteiger partial charge in [-0.15, -0.1) is 0 Å². The number of aromatic nitrogens is 3. The molecule has 0 aliphatic rings. The summed E-state index contributed by atoms with van der Waals surface area (Å²) in [6, 6.07) is 17.0. The number of carboxylic acids is 1. The first-order chi connectivity index (χ1) is 20.3. The Balaban J connectivity index is 1.40. The number of nitriles is 1. The fourth-order valence-electron chi connectivity index (χ4n) is 4.49. The van der Waals surface area contributed by atoms with Gasteiger partial charge in [-0.05, 0) is 54.1 Å². The predicted molar refractivity (Wildman–Crippen MR) is 146 cm³/mol. The molecule has 212 valence electrons. The number of halogens is 3. The van der Waals surface area contributed by atoms with Gasteiger partial charge in [0, 0.05) is 37.3 Å². The molecule has 8 nitrogen and oxygen atoms in total. The van der Waals surface area contributed by atoms with Crippen LogP contribution in [0.5, 0.6) is 5.88 Å². The maximum Gasteiger partial charge on any atom is 0.335 e. The second-order valence-corrected chi connectivity index (χ2v) is 9.35. The summed E-state index contributed by atoms with van der Waals surface area (Å²) in [5, 5.41) is 18.3. The molecular weight excluding hydrogens is 549 g/mol. The zero-order chi connectivity index (χ0) is 29.8. The Labute approximate surface area is 238 Å². The Morgan fingerprint density at radius 1 is 0.976 bits per heavy atom. The first kappa shape index (κ1) is 28.3. The number of ether oxygens (including phenoxy) is 2. The van der Waals surface area contributed by atoms with Gasteiger partial charge in [0.1, 0.15) is 29.9 Å². The number of methoxy groups -OCH3 is 1. The minimum absolute atomic E-state index is 0.0485. The van der Waals surface area contributed by atoms with Crippen LogP contribution in [0.2, 0.25) is 0 Å². The Hall–Kier alpha value is -5.21. The molecular formula is C31H23F3N4O4. The molecule has 0 radical (unpaired) electrons. The Morgan fingerprint density at radius 2 is 1.79 bits per heavy atom. The topological polar surface area (TPSA) is 110 Å². The number of rotatable bonds is 10. The molecule has 1 N–H and O–H groups in total. The van der Waals surface area contributed by atoms with Crippen molar-refractivity contribution in [2.75, 3.05) is 13.7 Å². The van der Waals surface area contributed by atoms with E-state index < -0.39 is 23.4 Å². The normalized spacial score (nSPS) is 11.0. The molecule has 42 heavy (non-hydrogen) atoms. The van der Waals surface area contributed by atoms with Crippen molar-refractivity contribution in [1.29, 1.82) is 5.26 Å². The van der Waals surface area contributed by atoms with Crippen LogP contribution in [-0.2, 0) is 24.3 Å². The van der Waals surface area contributed by atoms with Crippen LogP contribution in [0, 0.1) is 28.8 Å². The Morgan fingerprint density at radius 3 is 2.52 bits per heavy atom. The number of aromatic carboxylic acids is 1. The molecule has 0 spiro atoms. The van der Waals surface area contributed by atoms with E-state index in [1.165, 1.54) is 43.5 Å². The third-order valence-corrected chi connectivity index (χ3v) is 6.64. The number of carbonyl (C=O) groups is 1. The number of hydrogen-bond acceptors (Lipinski definition) is 6. The minimum atomic E-state index is -1.09. The van der Waals surface area contributed by atoms with E-state index in [0.717, 1.165) is 18.2 Å². The lowest BCUT2D eigenvalue weighted by atomic mass is 10.0. The van der Waals surface area contributed by atoms with Gasteiger partial charge in [-0.3, -0.25) is 0 Å². The maximum absolute atomic E-state index is 15.4. The lowest BCUT2D eigenvalue weighted by Crippen LogP contribution is -2.10. The van der Waals surface area contributed by atoms with Crippen molar-refractivity contribution in [3.63, 3.8) is 0 Å². The number of imidazole rings is 1. The van der Waals surface area contributed by atoms with Gasteiger partial charge < -0.3 is 19.1 Å². The van der Waals surface area contributed by atoms with Crippen molar-refractivity contribution in [2.45, 2.75) is 19.6 Å². The molecule has 0 unspecified atom stereocenters. The summed E-state index contributed by atoms with van der Waals surface area (Å²) in [4.78, 5) is 20.3. The molecule has 2 aromatic heterocycles. The van der Waals surface area contributed by atoms with Gasteiger partial charge in [0.2, 0.25) is 5.88 Å². The summed E-state index contributed by atoms with van der Waals surface area (Å²) in [7, 11) is 1.52.